The maximum absolute atomic E-state index is 6.23. The van der Waals surface area contributed by atoms with Crippen LogP contribution in [0, 0.1) is 0 Å². The number of aryl methyl sites for hydroxylation is 1. The lowest BCUT2D eigenvalue weighted by atomic mass is 10.2. The van der Waals surface area contributed by atoms with Gasteiger partial charge in [-0.3, -0.25) is 0 Å². The Morgan fingerprint density at radius 2 is 1.96 bits per heavy atom. The molecular formula is C20H21BrCl3N3O. The molecule has 0 aliphatic heterocycles. The lowest BCUT2D eigenvalue weighted by Gasteiger charge is -2.14. The van der Waals surface area contributed by atoms with Crippen LogP contribution in [-0.2, 0) is 19.7 Å². The first-order chi connectivity index (χ1) is 13.1. The van der Waals surface area contributed by atoms with Crippen molar-refractivity contribution >= 4 is 51.5 Å². The number of hydrogen-bond acceptors (Lipinski definition) is 3. The van der Waals surface area contributed by atoms with Crippen LogP contribution in [0.4, 0.5) is 0 Å². The smallest absolute Gasteiger partial charge is 0.124 e. The summed E-state index contributed by atoms with van der Waals surface area (Å²) in [6.45, 7) is 2.98. The van der Waals surface area contributed by atoms with Crippen LogP contribution in [-0.4, -0.2) is 16.1 Å². The van der Waals surface area contributed by atoms with Gasteiger partial charge in [-0.05, 0) is 43.3 Å². The van der Waals surface area contributed by atoms with E-state index in [1.54, 1.807) is 12.3 Å². The van der Waals surface area contributed by atoms with Gasteiger partial charge in [0.2, 0.25) is 0 Å². The molecule has 150 valence electrons. The minimum absolute atomic E-state index is 0. The van der Waals surface area contributed by atoms with Gasteiger partial charge < -0.3 is 14.6 Å². The highest BCUT2D eigenvalue weighted by atomic mass is 79.9. The van der Waals surface area contributed by atoms with E-state index in [0.29, 0.717) is 16.7 Å². The molecule has 2 aromatic carbocycles. The van der Waals surface area contributed by atoms with E-state index in [4.69, 9.17) is 27.9 Å². The van der Waals surface area contributed by atoms with Gasteiger partial charge in [0.25, 0.3) is 0 Å². The number of halogens is 4. The summed E-state index contributed by atoms with van der Waals surface area (Å²) >= 11 is 15.7. The molecule has 0 fully saturated rings. The minimum Gasteiger partial charge on any atom is -0.489 e. The average Bonchev–Trinajstić information content (AvgIpc) is 3.15. The van der Waals surface area contributed by atoms with Gasteiger partial charge in [0.1, 0.15) is 12.4 Å². The number of benzene rings is 2. The fourth-order valence-corrected chi connectivity index (χ4v) is 3.52. The third-order valence-electron chi connectivity index (χ3n) is 4.07. The van der Waals surface area contributed by atoms with Crippen molar-refractivity contribution in [1.29, 1.82) is 0 Å². The van der Waals surface area contributed by atoms with Gasteiger partial charge in [-0.15, -0.1) is 12.4 Å². The van der Waals surface area contributed by atoms with Crippen LogP contribution < -0.4 is 10.1 Å². The monoisotopic (exact) mass is 503 g/mol. The number of nitrogens with one attached hydrogen (secondary N) is 1. The van der Waals surface area contributed by atoms with Crippen molar-refractivity contribution < 1.29 is 4.74 Å². The standard InChI is InChI=1S/C20H20BrCl2N3O.ClH/c21-17-3-5-20(27-13-15-2-4-18(22)11-19(15)23)16(10-17)12-24-6-1-8-26-9-7-25-14-26;/h2-5,7,9-11,14,24H,1,6,8,12-13H2;1H. The molecule has 4 nitrogen and oxygen atoms in total. The van der Waals surface area contributed by atoms with E-state index >= 15 is 0 Å². The Kier molecular flexibility index (Phi) is 9.62. The van der Waals surface area contributed by atoms with E-state index in [9.17, 15) is 0 Å². The number of nitrogens with zero attached hydrogens (tertiary/aromatic N) is 2. The molecule has 0 amide bonds. The molecular weight excluding hydrogens is 485 g/mol. The van der Waals surface area contributed by atoms with Crippen molar-refractivity contribution in [3.05, 3.63) is 80.8 Å². The van der Waals surface area contributed by atoms with Crippen molar-refractivity contribution in [2.75, 3.05) is 6.54 Å². The summed E-state index contributed by atoms with van der Waals surface area (Å²) in [4.78, 5) is 4.05. The normalized spacial score (nSPS) is 10.5. The molecule has 0 aliphatic carbocycles. The summed E-state index contributed by atoms with van der Waals surface area (Å²) in [5, 5.41) is 4.70. The number of ether oxygens (including phenoxy) is 1. The minimum atomic E-state index is 0. The molecule has 0 unspecified atom stereocenters. The zero-order chi connectivity index (χ0) is 19.1. The van der Waals surface area contributed by atoms with Crippen molar-refractivity contribution in [1.82, 2.24) is 14.9 Å². The van der Waals surface area contributed by atoms with E-state index in [1.807, 2.05) is 36.8 Å². The Bertz CT molecular complexity index is 875. The Hall–Kier alpha value is -1.24. The maximum Gasteiger partial charge on any atom is 0.124 e. The van der Waals surface area contributed by atoms with E-state index in [1.165, 1.54) is 0 Å². The molecule has 28 heavy (non-hydrogen) atoms. The third kappa shape index (κ3) is 6.98. The Balaban J connectivity index is 0.00000280. The van der Waals surface area contributed by atoms with Crippen LogP contribution in [0.5, 0.6) is 5.75 Å². The van der Waals surface area contributed by atoms with Gasteiger partial charge in [-0.2, -0.15) is 0 Å². The molecule has 0 atom stereocenters. The van der Waals surface area contributed by atoms with Crippen molar-refractivity contribution in [3.63, 3.8) is 0 Å². The predicted molar refractivity (Wildman–Crippen MR) is 121 cm³/mol. The largest absolute Gasteiger partial charge is 0.489 e. The zero-order valence-electron chi connectivity index (χ0n) is 15.1. The summed E-state index contributed by atoms with van der Waals surface area (Å²) in [6, 6.07) is 11.4. The van der Waals surface area contributed by atoms with E-state index < -0.39 is 0 Å². The van der Waals surface area contributed by atoms with Crippen LogP contribution in [0.2, 0.25) is 10.0 Å². The molecule has 0 radical (unpaired) electrons. The summed E-state index contributed by atoms with van der Waals surface area (Å²) in [7, 11) is 0. The Morgan fingerprint density at radius 3 is 2.71 bits per heavy atom. The zero-order valence-corrected chi connectivity index (χ0v) is 19.0. The molecule has 0 bridgehead atoms. The highest BCUT2D eigenvalue weighted by Gasteiger charge is 2.07. The van der Waals surface area contributed by atoms with Crippen LogP contribution in [0.25, 0.3) is 0 Å². The fraction of sp³-hybridized carbons (Fsp3) is 0.250. The molecule has 3 rings (SSSR count). The topological polar surface area (TPSA) is 39.1 Å². The molecule has 1 heterocycles. The number of rotatable bonds is 9. The Morgan fingerprint density at radius 1 is 1.11 bits per heavy atom. The van der Waals surface area contributed by atoms with E-state index in [-0.39, 0.29) is 12.4 Å². The second-order valence-electron chi connectivity index (χ2n) is 6.11. The Labute approximate surface area is 189 Å². The van der Waals surface area contributed by atoms with Gasteiger partial charge in [0, 0.05) is 51.1 Å². The third-order valence-corrected chi connectivity index (χ3v) is 5.15. The average molecular weight is 506 g/mol. The predicted octanol–water partition coefficient (Wildman–Crippen LogP) is 6.13. The first-order valence-corrected chi connectivity index (χ1v) is 10.2. The van der Waals surface area contributed by atoms with Crippen molar-refractivity contribution in [2.24, 2.45) is 0 Å². The first-order valence-electron chi connectivity index (χ1n) is 8.63. The van der Waals surface area contributed by atoms with Gasteiger partial charge in [-0.1, -0.05) is 45.2 Å². The van der Waals surface area contributed by atoms with Crippen molar-refractivity contribution in [3.8, 4) is 5.75 Å². The van der Waals surface area contributed by atoms with E-state index in [2.05, 4.69) is 36.9 Å². The SMILES string of the molecule is Cl.Clc1ccc(COc2ccc(Br)cc2CNCCCn2ccnc2)c(Cl)c1. The molecule has 1 N–H and O–H groups in total. The molecule has 1 aromatic heterocycles. The second-order valence-corrected chi connectivity index (χ2v) is 7.87. The molecule has 3 aromatic rings. The first kappa shape index (κ1) is 23.0. The maximum atomic E-state index is 6.23. The van der Waals surface area contributed by atoms with Gasteiger partial charge in [-0.25, -0.2) is 4.98 Å². The molecule has 8 heteroatoms. The highest BCUT2D eigenvalue weighted by molar-refractivity contribution is 9.10. The summed E-state index contributed by atoms with van der Waals surface area (Å²) < 4.78 is 9.11. The summed E-state index contributed by atoms with van der Waals surface area (Å²) in [5.74, 6) is 0.839. The van der Waals surface area contributed by atoms with Crippen LogP contribution in [0.3, 0.4) is 0 Å². The summed E-state index contributed by atoms with van der Waals surface area (Å²) in [5.41, 5.74) is 2.00. The van der Waals surface area contributed by atoms with Gasteiger partial charge >= 0.3 is 0 Å². The molecule has 0 spiro atoms. The van der Waals surface area contributed by atoms with Crippen molar-refractivity contribution in [2.45, 2.75) is 26.1 Å². The van der Waals surface area contributed by atoms with Crippen LogP contribution in [0.1, 0.15) is 17.5 Å². The highest BCUT2D eigenvalue weighted by Crippen LogP contribution is 2.26. The quantitative estimate of drug-likeness (QED) is 0.356. The summed E-state index contributed by atoms with van der Waals surface area (Å²) in [6.07, 6.45) is 6.64. The molecule has 0 aliphatic rings. The van der Waals surface area contributed by atoms with Gasteiger partial charge in [0.05, 0.1) is 6.33 Å². The number of aromatic nitrogens is 2. The molecule has 0 saturated heterocycles. The molecule has 0 saturated carbocycles. The number of hydrogen-bond donors (Lipinski definition) is 1. The lowest BCUT2D eigenvalue weighted by Crippen LogP contribution is -2.17. The van der Waals surface area contributed by atoms with Crippen LogP contribution >= 0.6 is 51.5 Å². The van der Waals surface area contributed by atoms with Gasteiger partial charge in [0.15, 0.2) is 0 Å². The fourth-order valence-electron chi connectivity index (χ4n) is 2.65. The number of imidazole rings is 1. The van der Waals surface area contributed by atoms with E-state index in [0.717, 1.165) is 47.4 Å². The second kappa shape index (κ2) is 11.7. The lowest BCUT2D eigenvalue weighted by molar-refractivity contribution is 0.302. The van der Waals surface area contributed by atoms with Crippen LogP contribution in [0.15, 0.2) is 59.6 Å².